The van der Waals surface area contributed by atoms with Crippen LogP contribution >= 0.6 is 0 Å². The highest BCUT2D eigenvalue weighted by molar-refractivity contribution is 6.03. The molecule has 1 saturated heterocycles. The van der Waals surface area contributed by atoms with E-state index in [1.165, 1.54) is 24.5 Å². The summed E-state index contributed by atoms with van der Waals surface area (Å²) in [7, 11) is 0. The van der Waals surface area contributed by atoms with E-state index in [9.17, 15) is 53.4 Å². The van der Waals surface area contributed by atoms with Gasteiger partial charge in [-0.2, -0.15) is 0 Å². The van der Waals surface area contributed by atoms with E-state index in [2.05, 4.69) is 26.6 Å². The SMILES string of the molecule is CC[C@@]1(O)C(=O)OCc2c1cc1n(c2=O)Cc2c-1nc1cc(F)c(C)c3c1c2[C@@H](NC(=O)[C@H](O)CCOCNC(=O)[C@H](C)NC(=O)[C@H](C)NC(=O)CCOCCOCCOCCOCCOCCOCCOCCOCCNC(=O)CCN1C(=O)CC(C)C1=O)CC3. The molecular formula is C62H87FN8O21. The maximum absolute atomic E-state index is 15.4. The molecule has 7 N–H and O–H groups in total. The predicted molar refractivity (Wildman–Crippen MR) is 323 cm³/mol. The van der Waals surface area contributed by atoms with Crippen LogP contribution in [0.15, 0.2) is 16.9 Å². The summed E-state index contributed by atoms with van der Waals surface area (Å²) in [6.45, 7) is 13.0. The Morgan fingerprint density at radius 2 is 1.32 bits per heavy atom. The third kappa shape index (κ3) is 19.6. The Morgan fingerprint density at radius 3 is 1.90 bits per heavy atom. The highest BCUT2D eigenvalue weighted by Crippen LogP contribution is 2.46. The number of amides is 7. The van der Waals surface area contributed by atoms with Crippen molar-refractivity contribution in [3.05, 3.63) is 61.7 Å². The third-order valence-corrected chi connectivity index (χ3v) is 16.1. The summed E-state index contributed by atoms with van der Waals surface area (Å²) >= 11 is 0. The number of esters is 1. The van der Waals surface area contributed by atoms with E-state index in [-0.39, 0.29) is 120 Å². The Bertz CT molecular complexity index is 3150. The van der Waals surface area contributed by atoms with Crippen LogP contribution in [0.2, 0.25) is 0 Å². The molecular weight excluding hydrogens is 1210 g/mol. The number of ether oxygens (including phenoxy) is 10. The lowest BCUT2D eigenvalue weighted by Gasteiger charge is -2.31. The van der Waals surface area contributed by atoms with Gasteiger partial charge in [0.05, 0.1) is 147 Å². The van der Waals surface area contributed by atoms with Gasteiger partial charge in [-0.1, -0.05) is 13.8 Å². The van der Waals surface area contributed by atoms with Crippen molar-refractivity contribution in [3.63, 3.8) is 0 Å². The molecule has 0 spiro atoms. The molecule has 0 bridgehead atoms. The molecule has 0 saturated carbocycles. The normalized spacial score (nSPS) is 18.2. The van der Waals surface area contributed by atoms with E-state index < -0.39 is 70.8 Å². The van der Waals surface area contributed by atoms with Crippen molar-refractivity contribution in [2.45, 2.75) is 123 Å². The summed E-state index contributed by atoms with van der Waals surface area (Å²) in [4.78, 5) is 120. The standard InChI is InChI=1S/C62H87FN8O21/c1-6-62(82)44-32-48-55-42(34-71(48)60(80)43(44)35-92-61(62)81)54-46(8-7-41-38(3)45(63)33-47(68-55)53(41)54)69-58(78)49(72)10-14-91-36-65-56(76)39(4)67-57(77)40(5)66-51(74)11-15-83-17-19-85-21-23-87-25-27-89-29-30-90-28-26-88-24-22-86-20-18-84-16-12-64-50(73)9-13-70-52(75)31-37(2)59(70)79/h32-33,37,39-40,46,49,72,82H,6-31,34-36H2,1-5H3,(H,64,73)(H,65,76)(H,66,74)(H,67,77)(H,69,78)/t37?,39-,40-,46-,49+,62-/m0/s1. The quantitative estimate of drug-likeness (QED) is 0.0132. The molecule has 29 nitrogen and oxygen atoms in total. The second-order valence-corrected chi connectivity index (χ2v) is 22.6. The molecule has 7 amide bonds. The third-order valence-electron chi connectivity index (χ3n) is 16.1. The number of hydrogen-bond acceptors (Lipinski definition) is 22. The van der Waals surface area contributed by atoms with Gasteiger partial charge in [0.1, 0.15) is 37.3 Å². The van der Waals surface area contributed by atoms with E-state index in [4.69, 9.17) is 52.4 Å². The second kappa shape index (κ2) is 35.9. The summed E-state index contributed by atoms with van der Waals surface area (Å²) in [6, 6.07) is 0.198. The Kier molecular flexibility index (Phi) is 28.3. The molecule has 2 aromatic heterocycles. The summed E-state index contributed by atoms with van der Waals surface area (Å²) < 4.78 is 71.3. The number of carbonyl (C=O) groups is 8. The van der Waals surface area contributed by atoms with Gasteiger partial charge in [-0.15, -0.1) is 0 Å². The number of cyclic esters (lactones) is 1. The molecule has 0 radical (unpaired) electrons. The van der Waals surface area contributed by atoms with Crippen molar-refractivity contribution in [1.29, 1.82) is 0 Å². The fourth-order valence-corrected chi connectivity index (χ4v) is 10.9. The summed E-state index contributed by atoms with van der Waals surface area (Å²) in [5, 5.41) is 36.2. The lowest BCUT2D eigenvalue weighted by Crippen LogP contribution is -2.52. The molecule has 508 valence electrons. The van der Waals surface area contributed by atoms with Gasteiger partial charge in [0.2, 0.25) is 41.4 Å². The minimum absolute atomic E-state index is 0.0223. The van der Waals surface area contributed by atoms with Crippen LogP contribution in [0.1, 0.15) is 106 Å². The number of aromatic nitrogens is 2. The minimum atomic E-state index is -2.05. The predicted octanol–water partition coefficient (Wildman–Crippen LogP) is -0.0945. The first-order valence-electron chi connectivity index (χ1n) is 31.2. The van der Waals surface area contributed by atoms with Crippen molar-refractivity contribution in [2.75, 3.05) is 132 Å². The number of likely N-dealkylation sites (tertiary alicyclic amines) is 1. The first-order chi connectivity index (χ1) is 44.2. The summed E-state index contributed by atoms with van der Waals surface area (Å²) in [6.07, 6.45) is -0.799. The van der Waals surface area contributed by atoms with Gasteiger partial charge in [-0.25, -0.2) is 14.2 Å². The molecule has 92 heavy (non-hydrogen) atoms. The van der Waals surface area contributed by atoms with Gasteiger partial charge in [-0.3, -0.25) is 43.3 Å². The van der Waals surface area contributed by atoms with Crippen LogP contribution in [-0.2, 0) is 111 Å². The average molecular weight is 1300 g/mol. The van der Waals surface area contributed by atoms with Gasteiger partial charge < -0.3 is 88.7 Å². The number of pyridine rings is 2. The Hall–Kier alpha value is -6.97. The Balaban J connectivity index is 0.648. The average Bonchev–Trinajstić information content (AvgIpc) is 1.48. The number of imide groups is 1. The van der Waals surface area contributed by atoms with E-state index >= 15 is 4.39 Å². The zero-order chi connectivity index (χ0) is 66.3. The number of halogens is 1. The molecule has 1 fully saturated rings. The zero-order valence-electron chi connectivity index (χ0n) is 52.9. The summed E-state index contributed by atoms with van der Waals surface area (Å²) in [5.74, 6) is -4.75. The molecule has 7 rings (SSSR count). The van der Waals surface area contributed by atoms with Crippen molar-refractivity contribution < 1.29 is 100 Å². The first kappa shape index (κ1) is 72.5. The van der Waals surface area contributed by atoms with Crippen LogP contribution in [0.3, 0.4) is 0 Å². The number of rotatable bonds is 42. The van der Waals surface area contributed by atoms with E-state index in [0.717, 1.165) is 4.90 Å². The zero-order valence-corrected chi connectivity index (χ0v) is 52.9. The smallest absolute Gasteiger partial charge is 0.343 e. The molecule has 1 aromatic carbocycles. The van der Waals surface area contributed by atoms with E-state index in [1.807, 2.05) is 0 Å². The number of nitrogens with zero attached hydrogens (tertiary/aromatic N) is 3. The van der Waals surface area contributed by atoms with Crippen molar-refractivity contribution in [1.82, 2.24) is 41.0 Å². The van der Waals surface area contributed by atoms with Crippen LogP contribution in [0, 0.1) is 18.7 Å². The van der Waals surface area contributed by atoms with Gasteiger partial charge in [0.25, 0.3) is 5.56 Å². The van der Waals surface area contributed by atoms with Crippen molar-refractivity contribution in [2.24, 2.45) is 5.92 Å². The number of carbonyl (C=O) groups excluding carboxylic acids is 8. The Morgan fingerprint density at radius 1 is 0.728 bits per heavy atom. The second-order valence-electron chi connectivity index (χ2n) is 22.6. The van der Waals surface area contributed by atoms with Crippen LogP contribution < -0.4 is 32.1 Å². The van der Waals surface area contributed by atoms with Gasteiger partial charge >= 0.3 is 5.97 Å². The number of nitrogens with one attached hydrogen (secondary N) is 5. The maximum Gasteiger partial charge on any atom is 0.343 e. The fourth-order valence-electron chi connectivity index (χ4n) is 10.9. The van der Waals surface area contributed by atoms with Crippen LogP contribution in [0.25, 0.3) is 22.3 Å². The molecule has 3 aromatic rings. The molecule has 1 aliphatic carbocycles. The molecule has 6 atom stereocenters. The lowest BCUT2D eigenvalue weighted by molar-refractivity contribution is -0.172. The lowest BCUT2D eigenvalue weighted by atomic mass is 9.81. The number of aliphatic hydroxyl groups excluding tert-OH is 1. The number of aliphatic hydroxyl groups is 2. The monoisotopic (exact) mass is 1300 g/mol. The minimum Gasteiger partial charge on any atom is -0.458 e. The van der Waals surface area contributed by atoms with Gasteiger partial charge in [0, 0.05) is 67.3 Å². The molecule has 4 aliphatic rings. The molecule has 1 unspecified atom stereocenters. The first-order valence-corrected chi connectivity index (χ1v) is 31.2. The van der Waals surface area contributed by atoms with Crippen LogP contribution in [0.4, 0.5) is 4.39 Å². The molecule has 3 aliphatic heterocycles. The van der Waals surface area contributed by atoms with Gasteiger partial charge in [-0.05, 0) is 62.8 Å². The fraction of sp³-hybridized carbons (Fsp3) is 0.645. The van der Waals surface area contributed by atoms with E-state index in [0.29, 0.717) is 150 Å². The number of fused-ring (bicyclic) bond motifs is 5. The molecule has 30 heteroatoms. The van der Waals surface area contributed by atoms with Gasteiger partial charge in [0.15, 0.2) is 5.60 Å². The topological polar surface area (TPSA) is 368 Å². The summed E-state index contributed by atoms with van der Waals surface area (Å²) in [5.41, 5.74) is 1.06. The number of aryl methyl sites for hydroxylation is 1. The maximum atomic E-state index is 15.4. The largest absolute Gasteiger partial charge is 0.458 e. The number of benzene rings is 1. The van der Waals surface area contributed by atoms with Crippen LogP contribution in [-0.4, -0.2) is 222 Å². The highest BCUT2D eigenvalue weighted by atomic mass is 19.1. The van der Waals surface area contributed by atoms with Crippen molar-refractivity contribution >= 4 is 58.2 Å². The van der Waals surface area contributed by atoms with E-state index in [1.54, 1.807) is 26.8 Å². The molecule has 5 heterocycles. The Labute approximate surface area is 531 Å². The number of hydrogen-bond donors (Lipinski definition) is 7. The van der Waals surface area contributed by atoms with Crippen LogP contribution in [0.5, 0.6) is 0 Å². The van der Waals surface area contributed by atoms with Crippen molar-refractivity contribution in [3.8, 4) is 11.4 Å². The highest BCUT2D eigenvalue weighted by Gasteiger charge is 2.46.